The molecule has 1 aliphatic heterocycles. The average Bonchev–Trinajstić information content (AvgIpc) is 2.63. The van der Waals surface area contributed by atoms with Crippen LogP contribution in [0.5, 0.6) is 5.75 Å². The zero-order valence-corrected chi connectivity index (χ0v) is 15.2. The molecule has 1 N–H and O–H groups in total. The van der Waals surface area contributed by atoms with Crippen molar-refractivity contribution < 1.29 is 28.6 Å². The molecule has 0 aliphatic carbocycles. The van der Waals surface area contributed by atoms with Gasteiger partial charge in [0.15, 0.2) is 6.61 Å². The lowest BCUT2D eigenvalue weighted by molar-refractivity contribution is -0.156. The van der Waals surface area contributed by atoms with Gasteiger partial charge in [0.25, 0.3) is 11.8 Å². The molecular formula is C18H24N2O6. The first-order valence-corrected chi connectivity index (χ1v) is 8.40. The molecule has 0 unspecified atom stereocenters. The Balaban J connectivity index is 1.72. The number of benzene rings is 1. The number of esters is 1. The fourth-order valence-electron chi connectivity index (χ4n) is 2.66. The summed E-state index contributed by atoms with van der Waals surface area (Å²) in [5.74, 6) is -0.727. The molecule has 0 saturated carbocycles. The Bertz CT molecular complexity index is 636. The van der Waals surface area contributed by atoms with Crippen molar-refractivity contribution in [3.63, 3.8) is 0 Å². The summed E-state index contributed by atoms with van der Waals surface area (Å²) in [6.07, 6.45) is -0.107. The van der Waals surface area contributed by atoms with Gasteiger partial charge >= 0.3 is 5.97 Å². The van der Waals surface area contributed by atoms with Crippen molar-refractivity contribution in [1.82, 2.24) is 10.2 Å². The highest BCUT2D eigenvalue weighted by atomic mass is 16.5. The molecule has 2 amide bonds. The molecule has 1 fully saturated rings. The molecule has 2 atom stereocenters. The van der Waals surface area contributed by atoms with E-state index in [-0.39, 0.29) is 31.3 Å². The maximum atomic E-state index is 12.1. The normalized spacial score (nSPS) is 19.6. The topological polar surface area (TPSA) is 94.2 Å². The number of ether oxygens (including phenoxy) is 3. The summed E-state index contributed by atoms with van der Waals surface area (Å²) in [5, 5.41) is 2.45. The van der Waals surface area contributed by atoms with Crippen LogP contribution in [0.4, 0.5) is 0 Å². The van der Waals surface area contributed by atoms with E-state index in [0.29, 0.717) is 24.4 Å². The molecule has 0 bridgehead atoms. The third-order valence-electron chi connectivity index (χ3n) is 3.87. The molecule has 0 spiro atoms. The van der Waals surface area contributed by atoms with Gasteiger partial charge in [-0.15, -0.1) is 0 Å². The molecule has 2 rings (SSSR count). The smallest absolute Gasteiger partial charge is 0.325 e. The van der Waals surface area contributed by atoms with Crippen LogP contribution in [0.3, 0.4) is 0 Å². The van der Waals surface area contributed by atoms with Gasteiger partial charge in [0.2, 0.25) is 0 Å². The van der Waals surface area contributed by atoms with Crippen LogP contribution in [-0.4, -0.2) is 68.2 Å². The minimum atomic E-state index is -0.672. The van der Waals surface area contributed by atoms with Gasteiger partial charge in [-0.05, 0) is 38.1 Å². The highest BCUT2D eigenvalue weighted by Crippen LogP contribution is 2.11. The number of nitrogens with zero attached hydrogens (tertiary/aromatic N) is 1. The molecule has 8 heteroatoms. The third-order valence-corrected chi connectivity index (χ3v) is 3.87. The highest BCUT2D eigenvalue weighted by molar-refractivity contribution is 5.96. The van der Waals surface area contributed by atoms with Gasteiger partial charge in [0.1, 0.15) is 12.3 Å². The van der Waals surface area contributed by atoms with Crippen LogP contribution in [0.25, 0.3) is 0 Å². The van der Waals surface area contributed by atoms with Gasteiger partial charge in [0, 0.05) is 18.7 Å². The number of hydrogen-bond acceptors (Lipinski definition) is 6. The van der Waals surface area contributed by atoms with E-state index in [1.165, 1.54) is 7.11 Å². The quantitative estimate of drug-likeness (QED) is 0.743. The minimum absolute atomic E-state index is 0.0535. The van der Waals surface area contributed by atoms with Gasteiger partial charge < -0.3 is 24.4 Å². The number of hydrogen-bond donors (Lipinski definition) is 1. The van der Waals surface area contributed by atoms with E-state index in [0.717, 1.165) is 0 Å². The Morgan fingerprint density at radius 1 is 1.15 bits per heavy atom. The van der Waals surface area contributed by atoms with Crippen LogP contribution in [-0.2, 0) is 19.1 Å². The standard InChI is InChI=1S/C18H24N2O6/c1-12-9-20(10-13(2)26-12)16(21)11-25-17(22)8-19-18(23)14-4-6-15(24-3)7-5-14/h4-7,12-13H,8-11H2,1-3H3,(H,19,23)/t12-,13-/m0/s1. The Hall–Kier alpha value is -2.61. The van der Waals surface area contributed by atoms with Gasteiger partial charge in [-0.3, -0.25) is 14.4 Å². The lowest BCUT2D eigenvalue weighted by Crippen LogP contribution is -2.49. The van der Waals surface area contributed by atoms with Crippen LogP contribution in [0.2, 0.25) is 0 Å². The van der Waals surface area contributed by atoms with Crippen molar-refractivity contribution in [3.8, 4) is 5.75 Å². The van der Waals surface area contributed by atoms with Crippen molar-refractivity contribution in [2.75, 3.05) is 33.4 Å². The third kappa shape index (κ3) is 5.73. The average molecular weight is 364 g/mol. The minimum Gasteiger partial charge on any atom is -0.497 e. The molecule has 1 heterocycles. The van der Waals surface area contributed by atoms with E-state index in [4.69, 9.17) is 14.2 Å². The highest BCUT2D eigenvalue weighted by Gasteiger charge is 2.26. The van der Waals surface area contributed by atoms with E-state index in [1.54, 1.807) is 29.2 Å². The summed E-state index contributed by atoms with van der Waals surface area (Å²) >= 11 is 0. The predicted octanol–water partition coefficient (Wildman–Crippen LogP) is 0.604. The lowest BCUT2D eigenvalue weighted by Gasteiger charge is -2.35. The zero-order valence-electron chi connectivity index (χ0n) is 15.2. The summed E-state index contributed by atoms with van der Waals surface area (Å²) in [7, 11) is 1.53. The van der Waals surface area contributed by atoms with Gasteiger partial charge in [-0.25, -0.2) is 0 Å². The summed E-state index contributed by atoms with van der Waals surface area (Å²) in [4.78, 5) is 37.4. The molecule has 0 radical (unpaired) electrons. The Morgan fingerprint density at radius 2 is 1.77 bits per heavy atom. The van der Waals surface area contributed by atoms with E-state index < -0.39 is 11.9 Å². The number of carbonyl (C=O) groups is 3. The monoisotopic (exact) mass is 364 g/mol. The predicted molar refractivity (Wildman–Crippen MR) is 92.9 cm³/mol. The summed E-state index contributed by atoms with van der Waals surface area (Å²) < 4.78 is 15.5. The van der Waals surface area contributed by atoms with Gasteiger partial charge in [0.05, 0.1) is 19.3 Å². The van der Waals surface area contributed by atoms with Crippen molar-refractivity contribution in [2.24, 2.45) is 0 Å². The molecule has 1 aliphatic rings. The van der Waals surface area contributed by atoms with Gasteiger partial charge in [-0.2, -0.15) is 0 Å². The Labute approximate surface area is 152 Å². The Morgan fingerprint density at radius 3 is 2.35 bits per heavy atom. The molecule has 142 valence electrons. The zero-order chi connectivity index (χ0) is 19.1. The van der Waals surface area contributed by atoms with E-state index in [1.807, 2.05) is 13.8 Å². The molecule has 0 aromatic heterocycles. The maximum absolute atomic E-state index is 12.1. The van der Waals surface area contributed by atoms with Crippen molar-refractivity contribution in [1.29, 1.82) is 0 Å². The van der Waals surface area contributed by atoms with Gasteiger partial charge in [-0.1, -0.05) is 0 Å². The molecular weight excluding hydrogens is 340 g/mol. The first-order chi connectivity index (χ1) is 12.4. The van der Waals surface area contributed by atoms with E-state index >= 15 is 0 Å². The second-order valence-corrected chi connectivity index (χ2v) is 6.13. The maximum Gasteiger partial charge on any atom is 0.325 e. The van der Waals surface area contributed by atoms with Crippen LogP contribution in [0, 0.1) is 0 Å². The van der Waals surface area contributed by atoms with E-state index in [9.17, 15) is 14.4 Å². The van der Waals surface area contributed by atoms with Crippen LogP contribution < -0.4 is 10.1 Å². The van der Waals surface area contributed by atoms with Crippen molar-refractivity contribution >= 4 is 17.8 Å². The van der Waals surface area contributed by atoms with Crippen LogP contribution in [0.1, 0.15) is 24.2 Å². The number of carbonyl (C=O) groups excluding carboxylic acids is 3. The number of nitrogens with one attached hydrogen (secondary N) is 1. The van der Waals surface area contributed by atoms with Crippen molar-refractivity contribution in [3.05, 3.63) is 29.8 Å². The second kappa shape index (κ2) is 9.19. The first-order valence-electron chi connectivity index (χ1n) is 8.40. The van der Waals surface area contributed by atoms with Crippen LogP contribution >= 0.6 is 0 Å². The molecule has 8 nitrogen and oxygen atoms in total. The molecule has 26 heavy (non-hydrogen) atoms. The fraction of sp³-hybridized carbons (Fsp3) is 0.500. The second-order valence-electron chi connectivity index (χ2n) is 6.13. The summed E-state index contributed by atoms with van der Waals surface area (Å²) in [6, 6.07) is 6.47. The molecule has 1 saturated heterocycles. The lowest BCUT2D eigenvalue weighted by atomic mass is 10.2. The SMILES string of the molecule is COc1ccc(C(=O)NCC(=O)OCC(=O)N2C[C@H](C)O[C@@H](C)C2)cc1. The number of morpholine rings is 1. The largest absolute Gasteiger partial charge is 0.497 e. The summed E-state index contributed by atoms with van der Waals surface area (Å²) in [5.41, 5.74) is 0.394. The Kier molecular flexibility index (Phi) is 6.97. The number of rotatable bonds is 6. The first kappa shape index (κ1) is 19.7. The fourth-order valence-corrected chi connectivity index (χ4v) is 2.66. The number of methoxy groups -OCH3 is 1. The van der Waals surface area contributed by atoms with Crippen LogP contribution in [0.15, 0.2) is 24.3 Å². The molecule has 1 aromatic rings. The van der Waals surface area contributed by atoms with E-state index in [2.05, 4.69) is 5.32 Å². The summed E-state index contributed by atoms with van der Waals surface area (Å²) in [6.45, 7) is 4.04. The molecule has 1 aromatic carbocycles. The van der Waals surface area contributed by atoms with Crippen molar-refractivity contribution in [2.45, 2.75) is 26.1 Å². The number of amides is 2.